The van der Waals surface area contributed by atoms with Crippen molar-refractivity contribution in [2.45, 2.75) is 13.8 Å². The van der Waals surface area contributed by atoms with Crippen LogP contribution in [0, 0.1) is 13.8 Å². The van der Waals surface area contributed by atoms with Gasteiger partial charge in [0, 0.05) is 23.9 Å². The molecule has 0 aliphatic carbocycles. The highest BCUT2D eigenvalue weighted by atomic mass is 16.5. The van der Waals surface area contributed by atoms with Gasteiger partial charge in [0.05, 0.1) is 6.54 Å². The zero-order valence-corrected chi connectivity index (χ0v) is 18.2. The summed E-state index contributed by atoms with van der Waals surface area (Å²) in [6.45, 7) is 3.78. The van der Waals surface area contributed by atoms with Crippen molar-refractivity contribution in [2.24, 2.45) is 5.73 Å². The topological polar surface area (TPSA) is 102 Å². The molecule has 3 aromatic carbocycles. The molecule has 0 spiro atoms. The van der Waals surface area contributed by atoms with Crippen LogP contribution in [-0.2, 0) is 4.79 Å². The lowest BCUT2D eigenvalue weighted by Gasteiger charge is -2.18. The van der Waals surface area contributed by atoms with Gasteiger partial charge in [-0.15, -0.1) is 0 Å². The van der Waals surface area contributed by atoms with E-state index < -0.39 is 5.91 Å². The smallest absolute Gasteiger partial charge is 0.254 e. The molecule has 3 rings (SSSR count). The lowest BCUT2D eigenvalue weighted by Crippen LogP contribution is -2.35. The van der Waals surface area contributed by atoms with E-state index in [1.165, 1.54) is 4.90 Å². The summed E-state index contributed by atoms with van der Waals surface area (Å²) in [7, 11) is 1.58. The summed E-state index contributed by atoms with van der Waals surface area (Å²) in [6, 6.07) is 18.8. The second kappa shape index (κ2) is 9.78. The molecule has 0 saturated heterocycles. The number of carbonyl (C=O) groups is 3. The van der Waals surface area contributed by atoms with Gasteiger partial charge in [-0.05, 0) is 73.5 Å². The van der Waals surface area contributed by atoms with Crippen molar-refractivity contribution in [3.05, 3.63) is 89.0 Å². The largest absolute Gasteiger partial charge is 0.457 e. The van der Waals surface area contributed by atoms with E-state index in [-0.39, 0.29) is 18.4 Å². The molecular formula is C25H25N3O4. The van der Waals surface area contributed by atoms with E-state index >= 15 is 0 Å². The minimum atomic E-state index is -0.508. The molecule has 0 aromatic heterocycles. The minimum Gasteiger partial charge on any atom is -0.457 e. The number of amides is 3. The third-order valence-corrected chi connectivity index (χ3v) is 4.95. The van der Waals surface area contributed by atoms with Crippen LogP contribution in [0.4, 0.5) is 5.69 Å². The molecule has 32 heavy (non-hydrogen) atoms. The van der Waals surface area contributed by atoms with Crippen LogP contribution in [0.15, 0.2) is 66.7 Å². The number of ether oxygens (including phenoxy) is 1. The number of anilines is 1. The summed E-state index contributed by atoms with van der Waals surface area (Å²) in [5.74, 6) is 0.0149. The number of hydrogen-bond acceptors (Lipinski definition) is 4. The van der Waals surface area contributed by atoms with Gasteiger partial charge in [0.15, 0.2) is 0 Å². The first-order chi connectivity index (χ1) is 15.2. The van der Waals surface area contributed by atoms with Gasteiger partial charge >= 0.3 is 0 Å². The number of para-hydroxylation sites is 1. The van der Waals surface area contributed by atoms with E-state index in [0.717, 1.165) is 16.8 Å². The van der Waals surface area contributed by atoms with E-state index in [4.69, 9.17) is 10.5 Å². The molecule has 3 aromatic rings. The lowest BCUT2D eigenvalue weighted by molar-refractivity contribution is -0.116. The molecule has 7 nitrogen and oxygen atoms in total. The summed E-state index contributed by atoms with van der Waals surface area (Å²) >= 11 is 0. The SMILES string of the molecule is Cc1cccc(C)c1NC(=O)CN(C)C(=O)c1ccc(Oc2ccc(C(N)=O)cc2)cc1. The molecule has 0 bridgehead atoms. The average Bonchev–Trinajstić information content (AvgIpc) is 2.77. The standard InChI is InChI=1S/C25H25N3O4/c1-16-5-4-6-17(2)23(16)27-22(29)15-28(3)25(31)19-9-13-21(14-10-19)32-20-11-7-18(8-12-20)24(26)30/h4-14H,15H2,1-3H3,(H2,26,30)(H,27,29). The van der Waals surface area contributed by atoms with Crippen LogP contribution in [0.25, 0.3) is 0 Å². The van der Waals surface area contributed by atoms with Crippen molar-refractivity contribution >= 4 is 23.4 Å². The van der Waals surface area contributed by atoms with Gasteiger partial charge in [-0.2, -0.15) is 0 Å². The Labute approximate surface area is 186 Å². The number of carbonyl (C=O) groups excluding carboxylic acids is 3. The van der Waals surface area contributed by atoms with E-state index in [9.17, 15) is 14.4 Å². The molecule has 0 radical (unpaired) electrons. The fraction of sp³-hybridized carbons (Fsp3) is 0.160. The Morgan fingerprint density at radius 3 is 1.84 bits per heavy atom. The van der Waals surface area contributed by atoms with Gasteiger partial charge in [-0.1, -0.05) is 18.2 Å². The fourth-order valence-electron chi connectivity index (χ4n) is 3.19. The average molecular weight is 431 g/mol. The highest BCUT2D eigenvalue weighted by molar-refractivity contribution is 5.99. The van der Waals surface area contributed by atoms with Crippen LogP contribution in [0.1, 0.15) is 31.8 Å². The van der Waals surface area contributed by atoms with Crippen LogP contribution in [0.5, 0.6) is 11.5 Å². The van der Waals surface area contributed by atoms with E-state index in [1.807, 2.05) is 32.0 Å². The van der Waals surface area contributed by atoms with Crippen molar-refractivity contribution in [1.82, 2.24) is 4.90 Å². The van der Waals surface area contributed by atoms with Gasteiger partial charge in [0.25, 0.3) is 5.91 Å². The summed E-state index contributed by atoms with van der Waals surface area (Å²) in [5.41, 5.74) is 8.75. The predicted octanol–water partition coefficient (Wildman–Crippen LogP) is 3.91. The quantitative estimate of drug-likeness (QED) is 0.592. The zero-order valence-electron chi connectivity index (χ0n) is 18.2. The molecule has 3 N–H and O–H groups in total. The van der Waals surface area contributed by atoms with Crippen molar-refractivity contribution in [3.63, 3.8) is 0 Å². The van der Waals surface area contributed by atoms with Gasteiger partial charge < -0.3 is 20.7 Å². The summed E-state index contributed by atoms with van der Waals surface area (Å²) < 4.78 is 5.72. The van der Waals surface area contributed by atoms with Gasteiger partial charge in [0.1, 0.15) is 11.5 Å². The molecule has 7 heteroatoms. The second-order valence-electron chi connectivity index (χ2n) is 7.49. The molecule has 0 saturated carbocycles. The number of nitrogens with zero attached hydrogens (tertiary/aromatic N) is 1. The minimum absolute atomic E-state index is 0.0724. The van der Waals surface area contributed by atoms with E-state index in [1.54, 1.807) is 55.6 Å². The molecule has 0 unspecified atom stereocenters. The lowest BCUT2D eigenvalue weighted by atomic mass is 10.1. The number of nitrogens with one attached hydrogen (secondary N) is 1. The number of hydrogen-bond donors (Lipinski definition) is 2. The van der Waals surface area contributed by atoms with E-state index in [0.29, 0.717) is 22.6 Å². The first-order valence-electron chi connectivity index (χ1n) is 10.0. The van der Waals surface area contributed by atoms with Gasteiger partial charge in [0.2, 0.25) is 11.8 Å². The zero-order chi connectivity index (χ0) is 23.3. The summed E-state index contributed by atoms with van der Waals surface area (Å²) in [6.07, 6.45) is 0. The number of likely N-dealkylation sites (N-methyl/N-ethyl adjacent to an activating group) is 1. The molecule has 0 aliphatic heterocycles. The number of benzene rings is 3. The Hall–Kier alpha value is -4.13. The fourth-order valence-corrected chi connectivity index (χ4v) is 3.19. The molecule has 0 atom stereocenters. The highest BCUT2D eigenvalue weighted by Gasteiger charge is 2.16. The third kappa shape index (κ3) is 5.51. The Balaban J connectivity index is 1.59. The third-order valence-electron chi connectivity index (χ3n) is 4.95. The Morgan fingerprint density at radius 2 is 1.34 bits per heavy atom. The predicted molar refractivity (Wildman–Crippen MR) is 123 cm³/mol. The Bertz CT molecular complexity index is 1120. The van der Waals surface area contributed by atoms with Crippen LogP contribution in [0.2, 0.25) is 0 Å². The maximum atomic E-state index is 12.7. The van der Waals surface area contributed by atoms with Crippen molar-refractivity contribution in [3.8, 4) is 11.5 Å². The number of rotatable bonds is 7. The second-order valence-corrected chi connectivity index (χ2v) is 7.49. The summed E-state index contributed by atoms with van der Waals surface area (Å²) in [5, 5.41) is 2.88. The van der Waals surface area contributed by atoms with Crippen LogP contribution in [0.3, 0.4) is 0 Å². The molecule has 3 amide bonds. The van der Waals surface area contributed by atoms with Crippen LogP contribution >= 0.6 is 0 Å². The van der Waals surface area contributed by atoms with E-state index in [2.05, 4.69) is 5.32 Å². The Morgan fingerprint density at radius 1 is 0.844 bits per heavy atom. The number of primary amides is 1. The maximum absolute atomic E-state index is 12.7. The monoisotopic (exact) mass is 431 g/mol. The van der Waals surface area contributed by atoms with Crippen LogP contribution < -0.4 is 15.8 Å². The molecular weight excluding hydrogens is 406 g/mol. The van der Waals surface area contributed by atoms with Crippen LogP contribution in [-0.4, -0.2) is 36.2 Å². The summed E-state index contributed by atoms with van der Waals surface area (Å²) in [4.78, 5) is 37.6. The number of nitrogens with two attached hydrogens (primary N) is 1. The van der Waals surface area contributed by atoms with Crippen molar-refractivity contribution in [1.29, 1.82) is 0 Å². The van der Waals surface area contributed by atoms with Gasteiger partial charge in [-0.25, -0.2) is 0 Å². The first kappa shape index (κ1) is 22.6. The molecule has 0 fully saturated rings. The Kier molecular flexibility index (Phi) is 6.90. The molecule has 0 heterocycles. The maximum Gasteiger partial charge on any atom is 0.254 e. The van der Waals surface area contributed by atoms with Crippen molar-refractivity contribution in [2.75, 3.05) is 18.9 Å². The molecule has 164 valence electrons. The highest BCUT2D eigenvalue weighted by Crippen LogP contribution is 2.23. The molecule has 0 aliphatic rings. The van der Waals surface area contributed by atoms with Crippen molar-refractivity contribution < 1.29 is 19.1 Å². The first-order valence-corrected chi connectivity index (χ1v) is 10.0. The normalized spacial score (nSPS) is 10.3. The van der Waals surface area contributed by atoms with Gasteiger partial charge in [-0.3, -0.25) is 14.4 Å². The number of aryl methyl sites for hydroxylation is 2.